The van der Waals surface area contributed by atoms with E-state index >= 15 is 0 Å². The number of rotatable bonds is 6. The number of hydrogen-bond donors (Lipinski definition) is 1. The second-order valence-electron chi connectivity index (χ2n) is 6.59. The van der Waals surface area contributed by atoms with E-state index in [4.69, 9.17) is 44.3 Å². The van der Waals surface area contributed by atoms with E-state index in [0.717, 1.165) is 0 Å². The van der Waals surface area contributed by atoms with Gasteiger partial charge >= 0.3 is 11.9 Å². The minimum Gasteiger partial charge on any atom is -0.462 e. The summed E-state index contributed by atoms with van der Waals surface area (Å²) in [6.07, 6.45) is 2.06. The summed E-state index contributed by atoms with van der Waals surface area (Å²) in [5.74, 6) is -3.67. The number of esters is 2. The molecule has 0 amide bonds. The maximum Gasteiger partial charge on any atom is 0.341 e. The number of nitrogens with zero attached hydrogens (tertiary/aromatic N) is 2. The van der Waals surface area contributed by atoms with Crippen molar-refractivity contribution in [2.45, 2.75) is 38.7 Å². The average molecular weight is 511 g/mol. The van der Waals surface area contributed by atoms with Gasteiger partial charge in [-0.05, 0) is 26.0 Å². The number of carbonyl (C=O) groups is 2. The summed E-state index contributed by atoms with van der Waals surface area (Å²) in [5, 5.41) is 3.56. The van der Waals surface area contributed by atoms with Gasteiger partial charge < -0.3 is 14.8 Å². The van der Waals surface area contributed by atoms with Gasteiger partial charge in [0.15, 0.2) is 0 Å². The van der Waals surface area contributed by atoms with Gasteiger partial charge in [0.2, 0.25) is 0 Å². The van der Waals surface area contributed by atoms with Crippen molar-refractivity contribution >= 4 is 52.4 Å². The van der Waals surface area contributed by atoms with E-state index in [1.165, 1.54) is 24.5 Å². The van der Waals surface area contributed by atoms with E-state index in [1.807, 2.05) is 0 Å². The normalized spacial score (nSPS) is 14.5. The van der Waals surface area contributed by atoms with Crippen LogP contribution < -0.4 is 5.32 Å². The van der Waals surface area contributed by atoms with Crippen molar-refractivity contribution in [3.8, 4) is 0 Å². The summed E-state index contributed by atoms with van der Waals surface area (Å²) in [6.45, 7) is 3.93. The van der Waals surface area contributed by atoms with Crippen LogP contribution in [-0.2, 0) is 9.47 Å². The van der Waals surface area contributed by atoms with Crippen LogP contribution in [0, 0.1) is 0 Å². The van der Waals surface area contributed by atoms with Gasteiger partial charge in [0.05, 0.1) is 29.5 Å². The second-order valence-corrected chi connectivity index (χ2v) is 7.77. The molecule has 12 heteroatoms. The minimum absolute atomic E-state index is 0.182. The molecule has 32 heavy (non-hydrogen) atoms. The molecule has 0 spiro atoms. The van der Waals surface area contributed by atoms with Crippen LogP contribution in [0.4, 0.5) is 14.5 Å². The third-order valence-electron chi connectivity index (χ3n) is 4.13. The number of ether oxygens (including phenoxy) is 2. The molecule has 174 valence electrons. The third kappa shape index (κ3) is 7.43. The van der Waals surface area contributed by atoms with Crippen molar-refractivity contribution in [1.29, 1.82) is 0 Å². The largest absolute Gasteiger partial charge is 0.462 e. The first-order valence-electron chi connectivity index (χ1n) is 9.51. The Hall–Kier alpha value is -2.23. The quantitative estimate of drug-likeness (QED) is 0.394. The fraction of sp³-hybridized carbons (Fsp3) is 0.400. The number of nitrogens with one attached hydrogen (secondary N) is 1. The van der Waals surface area contributed by atoms with E-state index in [0.29, 0.717) is 12.3 Å². The number of carbonyl (C=O) groups excluding carboxylic acids is 2. The average Bonchev–Trinajstić information content (AvgIpc) is 2.67. The second kappa shape index (κ2) is 11.6. The van der Waals surface area contributed by atoms with Gasteiger partial charge in [0.1, 0.15) is 15.9 Å². The molecular weight excluding hydrogens is 491 g/mol. The molecule has 0 bridgehead atoms. The van der Waals surface area contributed by atoms with E-state index in [9.17, 15) is 18.4 Å². The van der Waals surface area contributed by atoms with Gasteiger partial charge in [0, 0.05) is 31.3 Å². The molecule has 0 atom stereocenters. The maximum absolute atomic E-state index is 12.8. The Labute approximate surface area is 198 Å². The first-order valence-corrected chi connectivity index (χ1v) is 10.6. The summed E-state index contributed by atoms with van der Waals surface area (Å²) < 4.78 is 35.2. The van der Waals surface area contributed by atoms with Gasteiger partial charge in [0.25, 0.3) is 5.92 Å². The van der Waals surface area contributed by atoms with Gasteiger partial charge in [-0.2, -0.15) is 0 Å². The zero-order valence-corrected chi connectivity index (χ0v) is 19.4. The van der Waals surface area contributed by atoms with E-state index in [1.54, 1.807) is 13.8 Å². The molecule has 1 aliphatic rings. The Bertz CT molecular complexity index is 971. The van der Waals surface area contributed by atoms with Gasteiger partial charge in [-0.25, -0.2) is 28.3 Å². The van der Waals surface area contributed by atoms with E-state index in [-0.39, 0.29) is 51.9 Å². The summed E-state index contributed by atoms with van der Waals surface area (Å²) >= 11 is 17.0. The molecule has 2 aromatic rings. The van der Waals surface area contributed by atoms with Crippen molar-refractivity contribution in [1.82, 2.24) is 9.97 Å². The van der Waals surface area contributed by atoms with Gasteiger partial charge in [-0.3, -0.25) is 0 Å². The van der Waals surface area contributed by atoms with Crippen LogP contribution in [0.25, 0.3) is 0 Å². The zero-order valence-electron chi connectivity index (χ0n) is 17.1. The molecular formula is C20H20Cl3F2N3O4. The van der Waals surface area contributed by atoms with Crippen LogP contribution in [0.2, 0.25) is 15.3 Å². The van der Waals surface area contributed by atoms with Gasteiger partial charge in [-0.15, -0.1) is 0 Å². The molecule has 1 saturated carbocycles. The Morgan fingerprint density at radius 1 is 1.00 bits per heavy atom. The summed E-state index contributed by atoms with van der Waals surface area (Å²) in [5.41, 5.74) is 0.799. The Balaban J connectivity index is 0.000000244. The van der Waals surface area contributed by atoms with Crippen molar-refractivity contribution in [3.05, 3.63) is 51.0 Å². The maximum atomic E-state index is 12.8. The lowest BCUT2D eigenvalue weighted by Gasteiger charge is -2.36. The van der Waals surface area contributed by atoms with Crippen LogP contribution in [0.3, 0.4) is 0 Å². The van der Waals surface area contributed by atoms with Crippen LogP contribution in [0.5, 0.6) is 0 Å². The predicted octanol–water partition coefficient (Wildman–Crippen LogP) is 5.69. The van der Waals surface area contributed by atoms with Crippen molar-refractivity contribution in [3.63, 3.8) is 0 Å². The van der Waals surface area contributed by atoms with Crippen LogP contribution >= 0.6 is 34.8 Å². The summed E-state index contributed by atoms with van der Waals surface area (Å²) in [6, 6.07) is 2.46. The molecule has 0 saturated heterocycles. The fourth-order valence-electron chi connectivity index (χ4n) is 2.67. The first-order chi connectivity index (χ1) is 15.1. The topological polar surface area (TPSA) is 90.4 Å². The first kappa shape index (κ1) is 26.0. The summed E-state index contributed by atoms with van der Waals surface area (Å²) in [4.78, 5) is 30.4. The Morgan fingerprint density at radius 2 is 1.50 bits per heavy atom. The molecule has 2 heterocycles. The molecule has 1 N–H and O–H groups in total. The lowest BCUT2D eigenvalue weighted by Crippen LogP contribution is -2.44. The lowest BCUT2D eigenvalue weighted by atomic mass is 9.88. The highest BCUT2D eigenvalue weighted by Crippen LogP contribution is 2.39. The smallest absolute Gasteiger partial charge is 0.341 e. The monoisotopic (exact) mass is 509 g/mol. The highest BCUT2D eigenvalue weighted by atomic mass is 35.5. The highest BCUT2D eigenvalue weighted by molar-refractivity contribution is 6.36. The van der Waals surface area contributed by atoms with E-state index < -0.39 is 17.9 Å². The Kier molecular flexibility index (Phi) is 9.42. The number of halogens is 5. The van der Waals surface area contributed by atoms with Crippen LogP contribution in [0.1, 0.15) is 47.4 Å². The molecule has 2 aromatic heterocycles. The highest BCUT2D eigenvalue weighted by Gasteiger charge is 2.45. The van der Waals surface area contributed by atoms with E-state index in [2.05, 4.69) is 15.3 Å². The van der Waals surface area contributed by atoms with Gasteiger partial charge in [-0.1, -0.05) is 34.8 Å². The van der Waals surface area contributed by atoms with Crippen molar-refractivity contribution in [2.75, 3.05) is 18.5 Å². The summed E-state index contributed by atoms with van der Waals surface area (Å²) in [7, 11) is 0. The Morgan fingerprint density at radius 3 is 2.00 bits per heavy atom. The van der Waals surface area contributed by atoms with Crippen LogP contribution in [0.15, 0.2) is 24.5 Å². The molecule has 7 nitrogen and oxygen atoms in total. The number of hydrogen-bond acceptors (Lipinski definition) is 7. The van der Waals surface area contributed by atoms with Crippen molar-refractivity contribution in [2.24, 2.45) is 0 Å². The third-order valence-corrected chi connectivity index (χ3v) is 4.86. The standard InChI is InChI=1S/C12H13ClF2N2O2.C8H7Cl2NO2/c1-2-19-11(18)8-6-16-10(13)3-9(8)17-7-4-12(14,15)5-7;1-2-13-8(12)5-4-11-7(10)3-6(5)9/h3,6-7H,2,4-5H2,1H3,(H,16,17);3-4H,2H2,1H3. The molecule has 1 aliphatic carbocycles. The molecule has 0 radical (unpaired) electrons. The SMILES string of the molecule is CCOC(=O)c1cnc(Cl)cc1Cl.CCOC(=O)c1cnc(Cl)cc1NC1CC(F)(F)C1. The molecule has 0 aromatic carbocycles. The lowest BCUT2D eigenvalue weighted by molar-refractivity contribution is -0.0793. The number of anilines is 1. The number of alkyl halides is 2. The molecule has 0 aliphatic heterocycles. The number of aromatic nitrogens is 2. The predicted molar refractivity (Wildman–Crippen MR) is 117 cm³/mol. The van der Waals surface area contributed by atoms with Crippen LogP contribution in [-0.4, -0.2) is 47.1 Å². The molecule has 1 fully saturated rings. The zero-order chi connectivity index (χ0) is 23.9. The molecule has 0 unspecified atom stereocenters. The minimum atomic E-state index is -2.63. The van der Waals surface area contributed by atoms with Crippen molar-refractivity contribution < 1.29 is 27.8 Å². The molecule has 3 rings (SSSR count). The number of pyridine rings is 2. The fourth-order valence-corrected chi connectivity index (χ4v) is 3.27.